The number of nitrogens with one attached hydrogen (secondary N) is 2. The van der Waals surface area contributed by atoms with E-state index in [0.29, 0.717) is 24.0 Å². The summed E-state index contributed by atoms with van der Waals surface area (Å²) in [4.78, 5) is 11.6. The van der Waals surface area contributed by atoms with Gasteiger partial charge in [0.05, 0.1) is 6.61 Å². The molecule has 0 aliphatic carbocycles. The molecule has 0 bridgehead atoms. The molecule has 1 fully saturated rings. The number of nitrogen functional groups attached to an aromatic ring is 1. The van der Waals surface area contributed by atoms with E-state index in [1.807, 2.05) is 0 Å². The van der Waals surface area contributed by atoms with Crippen LogP contribution in [0, 0.1) is 5.92 Å². The lowest BCUT2D eigenvalue weighted by Crippen LogP contribution is -2.33. The first-order valence-corrected chi connectivity index (χ1v) is 5.42. The van der Waals surface area contributed by atoms with Crippen molar-refractivity contribution in [2.24, 2.45) is 5.92 Å². The Labute approximate surface area is 93.5 Å². The van der Waals surface area contributed by atoms with Crippen molar-refractivity contribution in [3.8, 4) is 0 Å². The number of hydrogen-bond acceptors (Lipinski definition) is 4. The van der Waals surface area contributed by atoms with Gasteiger partial charge >= 0.3 is 0 Å². The fourth-order valence-corrected chi connectivity index (χ4v) is 1.75. The number of nitrogens with two attached hydrogens (primary N) is 1. The summed E-state index contributed by atoms with van der Waals surface area (Å²) in [6, 6.07) is 1.52. The van der Waals surface area contributed by atoms with Gasteiger partial charge in [0.1, 0.15) is 11.5 Å². The summed E-state index contributed by atoms with van der Waals surface area (Å²) in [6.45, 7) is 2.20. The van der Waals surface area contributed by atoms with Crippen LogP contribution in [0.15, 0.2) is 6.07 Å². The van der Waals surface area contributed by atoms with Crippen LogP contribution < -0.4 is 11.1 Å². The second-order valence-corrected chi connectivity index (χ2v) is 4.00. The van der Waals surface area contributed by atoms with Crippen LogP contribution in [-0.2, 0) is 4.74 Å². The van der Waals surface area contributed by atoms with Gasteiger partial charge in [-0.3, -0.25) is 9.89 Å². The summed E-state index contributed by atoms with van der Waals surface area (Å²) in [7, 11) is 0. The molecule has 0 radical (unpaired) electrons. The van der Waals surface area contributed by atoms with Crippen molar-refractivity contribution >= 4 is 11.7 Å². The first kappa shape index (κ1) is 10.9. The number of carbonyl (C=O) groups is 1. The molecule has 88 valence electrons. The Morgan fingerprint density at radius 1 is 1.75 bits per heavy atom. The molecule has 6 nitrogen and oxygen atoms in total. The number of ether oxygens (including phenoxy) is 1. The predicted octanol–water partition coefficient (Wildman–Crippen LogP) is 0.148. The van der Waals surface area contributed by atoms with E-state index in [-0.39, 0.29) is 5.91 Å². The van der Waals surface area contributed by atoms with E-state index in [4.69, 9.17) is 10.5 Å². The summed E-state index contributed by atoms with van der Waals surface area (Å²) < 4.78 is 5.33. The van der Waals surface area contributed by atoms with Crippen LogP contribution in [0.1, 0.15) is 23.3 Å². The average Bonchev–Trinajstić information content (AvgIpc) is 2.74. The zero-order valence-electron chi connectivity index (χ0n) is 9.03. The van der Waals surface area contributed by atoms with Gasteiger partial charge in [-0.1, -0.05) is 0 Å². The molecule has 16 heavy (non-hydrogen) atoms. The lowest BCUT2D eigenvalue weighted by molar-refractivity contribution is 0.0535. The van der Waals surface area contributed by atoms with Crippen molar-refractivity contribution in [3.05, 3.63) is 11.8 Å². The highest BCUT2D eigenvalue weighted by Crippen LogP contribution is 2.12. The normalized spacial score (nSPS) is 20.6. The molecular weight excluding hydrogens is 208 g/mol. The lowest BCUT2D eigenvalue weighted by Gasteiger charge is -2.21. The van der Waals surface area contributed by atoms with E-state index >= 15 is 0 Å². The first-order chi connectivity index (χ1) is 7.75. The van der Waals surface area contributed by atoms with Gasteiger partial charge in [-0.15, -0.1) is 0 Å². The minimum absolute atomic E-state index is 0.172. The standard InChI is InChI=1S/C10H16N4O2/c11-9-4-8(13-14-9)10(15)12-5-7-2-1-3-16-6-7/h4,7H,1-3,5-6H2,(H,12,15)(H3,11,13,14)/t7-/m0/s1. The second-order valence-electron chi connectivity index (χ2n) is 4.00. The van der Waals surface area contributed by atoms with E-state index in [2.05, 4.69) is 15.5 Å². The van der Waals surface area contributed by atoms with Crippen LogP contribution in [0.4, 0.5) is 5.82 Å². The van der Waals surface area contributed by atoms with Crippen molar-refractivity contribution in [2.75, 3.05) is 25.5 Å². The fourth-order valence-electron chi connectivity index (χ4n) is 1.75. The molecular formula is C10H16N4O2. The number of aromatic amines is 1. The molecule has 1 atom stereocenters. The number of nitrogens with zero attached hydrogens (tertiary/aromatic N) is 1. The van der Waals surface area contributed by atoms with E-state index in [9.17, 15) is 4.79 Å². The van der Waals surface area contributed by atoms with Crippen molar-refractivity contribution in [2.45, 2.75) is 12.8 Å². The number of hydrogen-bond donors (Lipinski definition) is 3. The topological polar surface area (TPSA) is 93.0 Å². The number of amides is 1. The third-order valence-electron chi connectivity index (χ3n) is 2.65. The van der Waals surface area contributed by atoms with Crippen LogP contribution >= 0.6 is 0 Å². The van der Waals surface area contributed by atoms with E-state index in [1.54, 1.807) is 0 Å². The molecule has 0 saturated carbocycles. The van der Waals surface area contributed by atoms with Crippen molar-refractivity contribution in [1.82, 2.24) is 15.5 Å². The largest absolute Gasteiger partial charge is 0.382 e. The Balaban J connectivity index is 1.79. The van der Waals surface area contributed by atoms with Crippen LogP contribution in [0.25, 0.3) is 0 Å². The SMILES string of the molecule is Nc1cc(C(=O)NC[C@@H]2CCCOC2)[nH]n1. The average molecular weight is 224 g/mol. The number of H-pyrrole nitrogens is 1. The predicted molar refractivity (Wildman–Crippen MR) is 58.9 cm³/mol. The molecule has 6 heteroatoms. The lowest BCUT2D eigenvalue weighted by atomic mass is 10.0. The van der Waals surface area contributed by atoms with Gasteiger partial charge in [0, 0.05) is 19.2 Å². The highest BCUT2D eigenvalue weighted by atomic mass is 16.5. The molecule has 0 unspecified atom stereocenters. The zero-order chi connectivity index (χ0) is 11.4. The number of aromatic nitrogens is 2. The summed E-state index contributed by atoms with van der Waals surface area (Å²) in [6.07, 6.45) is 2.17. The maximum atomic E-state index is 11.6. The van der Waals surface area contributed by atoms with Crippen LogP contribution in [-0.4, -0.2) is 35.9 Å². The smallest absolute Gasteiger partial charge is 0.269 e. The molecule has 2 heterocycles. The second kappa shape index (κ2) is 4.98. The van der Waals surface area contributed by atoms with Crippen LogP contribution in [0.5, 0.6) is 0 Å². The first-order valence-electron chi connectivity index (χ1n) is 5.42. The molecule has 1 saturated heterocycles. The summed E-state index contributed by atoms with van der Waals surface area (Å²) >= 11 is 0. The minimum atomic E-state index is -0.172. The van der Waals surface area contributed by atoms with Gasteiger partial charge in [0.15, 0.2) is 0 Å². The Kier molecular flexibility index (Phi) is 3.40. The van der Waals surface area contributed by atoms with Gasteiger partial charge in [-0.05, 0) is 18.8 Å². The summed E-state index contributed by atoms with van der Waals surface area (Å²) in [5, 5.41) is 9.11. The summed E-state index contributed by atoms with van der Waals surface area (Å²) in [5.74, 6) is 0.568. The van der Waals surface area contributed by atoms with Gasteiger partial charge < -0.3 is 15.8 Å². The van der Waals surface area contributed by atoms with E-state index < -0.39 is 0 Å². The third-order valence-corrected chi connectivity index (χ3v) is 2.65. The monoisotopic (exact) mass is 224 g/mol. The molecule has 1 aromatic rings. The quantitative estimate of drug-likeness (QED) is 0.681. The van der Waals surface area contributed by atoms with Gasteiger partial charge in [0.25, 0.3) is 5.91 Å². The van der Waals surface area contributed by atoms with Gasteiger partial charge in [0.2, 0.25) is 0 Å². The molecule has 2 rings (SSSR count). The van der Waals surface area contributed by atoms with Crippen molar-refractivity contribution in [1.29, 1.82) is 0 Å². The molecule has 0 spiro atoms. The van der Waals surface area contributed by atoms with Gasteiger partial charge in [-0.2, -0.15) is 5.10 Å². The maximum Gasteiger partial charge on any atom is 0.269 e. The van der Waals surface area contributed by atoms with Gasteiger partial charge in [-0.25, -0.2) is 0 Å². The highest BCUT2D eigenvalue weighted by molar-refractivity contribution is 5.92. The maximum absolute atomic E-state index is 11.6. The van der Waals surface area contributed by atoms with E-state index in [1.165, 1.54) is 6.07 Å². The molecule has 1 amide bonds. The van der Waals surface area contributed by atoms with Crippen LogP contribution in [0.3, 0.4) is 0 Å². The Morgan fingerprint density at radius 3 is 3.25 bits per heavy atom. The molecule has 1 aliphatic heterocycles. The Hall–Kier alpha value is -1.56. The molecule has 1 aliphatic rings. The minimum Gasteiger partial charge on any atom is -0.382 e. The third kappa shape index (κ3) is 2.73. The number of rotatable bonds is 3. The molecule has 4 N–H and O–H groups in total. The number of anilines is 1. The van der Waals surface area contributed by atoms with Crippen molar-refractivity contribution < 1.29 is 9.53 Å². The molecule has 0 aromatic carbocycles. The number of carbonyl (C=O) groups excluding carboxylic acids is 1. The van der Waals surface area contributed by atoms with Crippen molar-refractivity contribution in [3.63, 3.8) is 0 Å². The fraction of sp³-hybridized carbons (Fsp3) is 0.600. The Morgan fingerprint density at radius 2 is 2.62 bits per heavy atom. The zero-order valence-corrected chi connectivity index (χ0v) is 9.03. The Bertz CT molecular complexity index is 357. The van der Waals surface area contributed by atoms with E-state index in [0.717, 1.165) is 26.1 Å². The highest BCUT2D eigenvalue weighted by Gasteiger charge is 2.15. The van der Waals surface area contributed by atoms with Crippen LogP contribution in [0.2, 0.25) is 0 Å². The summed E-state index contributed by atoms with van der Waals surface area (Å²) in [5.41, 5.74) is 5.81. The molecule has 1 aromatic heterocycles.